The van der Waals surface area contributed by atoms with E-state index in [0.717, 1.165) is 0 Å². The van der Waals surface area contributed by atoms with E-state index in [9.17, 15) is 0 Å². The van der Waals surface area contributed by atoms with E-state index in [1.807, 2.05) is 0 Å². The third kappa shape index (κ3) is 4.43. The molecule has 0 saturated heterocycles. The van der Waals surface area contributed by atoms with Gasteiger partial charge in [-0.2, -0.15) is 0 Å². The first-order valence-electron chi connectivity index (χ1n) is 2.70. The predicted molar refractivity (Wildman–Crippen MR) is 32.6 cm³/mol. The zero-order valence-corrected chi connectivity index (χ0v) is 9.31. The molecular formula is C6H14O2Y. The summed E-state index contributed by atoms with van der Waals surface area (Å²) < 4.78 is 0. The van der Waals surface area contributed by atoms with Gasteiger partial charge >= 0.3 is 0 Å². The summed E-state index contributed by atoms with van der Waals surface area (Å²) in [7, 11) is 0. The molecule has 0 saturated carbocycles. The molecule has 0 spiro atoms. The zero-order chi connectivity index (χ0) is 7.00. The SMILES string of the molecule is CC(C)(O)C(C)(C)O.[Y]. The Morgan fingerprint density at radius 1 is 0.778 bits per heavy atom. The van der Waals surface area contributed by atoms with Crippen molar-refractivity contribution >= 4 is 0 Å². The van der Waals surface area contributed by atoms with Gasteiger partial charge in [0.25, 0.3) is 0 Å². The largest absolute Gasteiger partial charge is 0.387 e. The van der Waals surface area contributed by atoms with Crippen molar-refractivity contribution in [1.29, 1.82) is 0 Å². The van der Waals surface area contributed by atoms with Gasteiger partial charge in [0.15, 0.2) is 0 Å². The summed E-state index contributed by atoms with van der Waals surface area (Å²) in [5.41, 5.74) is -2.01. The molecule has 0 aromatic heterocycles. The van der Waals surface area contributed by atoms with Crippen molar-refractivity contribution in [1.82, 2.24) is 0 Å². The second-order valence-corrected chi connectivity index (χ2v) is 3.12. The zero-order valence-electron chi connectivity index (χ0n) is 6.47. The predicted octanol–water partition coefficient (Wildman–Crippen LogP) is 0.526. The average Bonchev–Trinajstić information content (AvgIpc) is 1.25. The van der Waals surface area contributed by atoms with Crippen molar-refractivity contribution in [3.63, 3.8) is 0 Å². The van der Waals surface area contributed by atoms with Crippen LogP contribution in [0.15, 0.2) is 0 Å². The molecule has 1 radical (unpaired) electrons. The molecule has 3 heteroatoms. The van der Waals surface area contributed by atoms with Gasteiger partial charge in [-0.3, -0.25) is 0 Å². The molecule has 53 valence electrons. The van der Waals surface area contributed by atoms with Crippen LogP contribution in [0, 0.1) is 0 Å². The standard InChI is InChI=1S/C6H14O2.Y/c1-5(2,7)6(3,4)8;/h7-8H,1-4H3;. The number of rotatable bonds is 1. The van der Waals surface area contributed by atoms with Gasteiger partial charge in [0.2, 0.25) is 0 Å². The van der Waals surface area contributed by atoms with E-state index in [4.69, 9.17) is 10.2 Å². The average molecular weight is 207 g/mol. The molecule has 0 amide bonds. The summed E-state index contributed by atoms with van der Waals surface area (Å²) in [4.78, 5) is 0. The first kappa shape index (κ1) is 12.7. The van der Waals surface area contributed by atoms with Crippen molar-refractivity contribution in [3.8, 4) is 0 Å². The van der Waals surface area contributed by atoms with Crippen molar-refractivity contribution in [2.75, 3.05) is 0 Å². The first-order valence-corrected chi connectivity index (χ1v) is 2.70. The van der Waals surface area contributed by atoms with E-state index in [-0.39, 0.29) is 32.7 Å². The number of aliphatic hydroxyl groups is 2. The molecule has 0 aliphatic carbocycles. The van der Waals surface area contributed by atoms with Crippen LogP contribution in [0.4, 0.5) is 0 Å². The van der Waals surface area contributed by atoms with Crippen molar-refractivity contribution in [3.05, 3.63) is 0 Å². The summed E-state index contributed by atoms with van der Waals surface area (Å²) in [6, 6.07) is 0. The van der Waals surface area contributed by atoms with Crippen LogP contribution in [-0.2, 0) is 32.7 Å². The molecule has 9 heavy (non-hydrogen) atoms. The van der Waals surface area contributed by atoms with Crippen LogP contribution in [0.5, 0.6) is 0 Å². The Hall–Kier alpha value is 1.02. The Balaban J connectivity index is 0. The maximum atomic E-state index is 9.10. The minimum Gasteiger partial charge on any atom is -0.387 e. The Morgan fingerprint density at radius 2 is 0.889 bits per heavy atom. The third-order valence-electron chi connectivity index (χ3n) is 1.50. The van der Waals surface area contributed by atoms with Gasteiger partial charge in [0.1, 0.15) is 0 Å². The monoisotopic (exact) mass is 207 g/mol. The quantitative estimate of drug-likeness (QED) is 0.658. The van der Waals surface area contributed by atoms with Gasteiger partial charge in [-0.1, -0.05) is 0 Å². The molecule has 0 fully saturated rings. The van der Waals surface area contributed by atoms with Crippen LogP contribution in [0.3, 0.4) is 0 Å². The first-order chi connectivity index (χ1) is 3.25. The molecule has 0 aromatic carbocycles. The molecule has 0 atom stereocenters. The van der Waals surface area contributed by atoms with E-state index in [2.05, 4.69) is 0 Å². The Morgan fingerprint density at radius 3 is 0.889 bits per heavy atom. The summed E-state index contributed by atoms with van der Waals surface area (Å²) in [5.74, 6) is 0. The summed E-state index contributed by atoms with van der Waals surface area (Å²) in [6.45, 7) is 6.31. The van der Waals surface area contributed by atoms with Gasteiger partial charge in [0, 0.05) is 32.7 Å². The van der Waals surface area contributed by atoms with Crippen molar-refractivity contribution in [2.45, 2.75) is 38.9 Å². The fourth-order valence-corrected chi connectivity index (χ4v) is 0. The summed E-state index contributed by atoms with van der Waals surface area (Å²) in [6.07, 6.45) is 0. The fourth-order valence-electron chi connectivity index (χ4n) is 0. The summed E-state index contributed by atoms with van der Waals surface area (Å²) >= 11 is 0. The molecule has 0 bridgehead atoms. The van der Waals surface area contributed by atoms with Gasteiger partial charge in [-0.25, -0.2) is 0 Å². The molecule has 0 aromatic rings. The van der Waals surface area contributed by atoms with E-state index in [1.54, 1.807) is 27.7 Å². The minimum atomic E-state index is -1.01. The smallest absolute Gasteiger partial charge is 0.0872 e. The van der Waals surface area contributed by atoms with E-state index < -0.39 is 11.2 Å². The second-order valence-electron chi connectivity index (χ2n) is 3.12. The second kappa shape index (κ2) is 3.43. The van der Waals surface area contributed by atoms with Crippen molar-refractivity contribution in [2.24, 2.45) is 0 Å². The Bertz CT molecular complexity index is 66.0. The van der Waals surface area contributed by atoms with E-state index >= 15 is 0 Å². The van der Waals surface area contributed by atoms with Crippen molar-refractivity contribution < 1.29 is 42.9 Å². The third-order valence-corrected chi connectivity index (χ3v) is 1.50. The van der Waals surface area contributed by atoms with Gasteiger partial charge in [0.05, 0.1) is 11.2 Å². The topological polar surface area (TPSA) is 40.5 Å². The number of hydrogen-bond donors (Lipinski definition) is 2. The Kier molecular flexibility index (Phi) is 4.82. The van der Waals surface area contributed by atoms with Crippen LogP contribution in [0.1, 0.15) is 27.7 Å². The van der Waals surface area contributed by atoms with Crippen LogP contribution < -0.4 is 0 Å². The van der Waals surface area contributed by atoms with Gasteiger partial charge < -0.3 is 10.2 Å². The molecule has 2 N–H and O–H groups in total. The maximum absolute atomic E-state index is 9.10. The number of hydrogen-bond acceptors (Lipinski definition) is 2. The molecule has 0 aliphatic rings. The fraction of sp³-hybridized carbons (Fsp3) is 1.00. The normalized spacial score (nSPS) is 12.7. The Labute approximate surface area is 81.5 Å². The minimum absolute atomic E-state index is 0. The summed E-state index contributed by atoms with van der Waals surface area (Å²) in [5, 5.41) is 18.2. The molecule has 0 rings (SSSR count). The molecule has 0 heterocycles. The molecule has 0 aliphatic heterocycles. The van der Waals surface area contributed by atoms with Gasteiger partial charge in [-0.15, -0.1) is 0 Å². The molecule has 2 nitrogen and oxygen atoms in total. The van der Waals surface area contributed by atoms with Crippen LogP contribution in [-0.4, -0.2) is 21.4 Å². The van der Waals surface area contributed by atoms with Crippen LogP contribution in [0.2, 0.25) is 0 Å². The maximum Gasteiger partial charge on any atom is 0.0872 e. The molecule has 0 unspecified atom stereocenters. The van der Waals surface area contributed by atoms with Crippen LogP contribution in [0.25, 0.3) is 0 Å². The van der Waals surface area contributed by atoms with E-state index in [1.165, 1.54) is 0 Å². The van der Waals surface area contributed by atoms with Crippen LogP contribution >= 0.6 is 0 Å². The van der Waals surface area contributed by atoms with Gasteiger partial charge in [-0.05, 0) is 27.7 Å². The van der Waals surface area contributed by atoms with E-state index in [0.29, 0.717) is 0 Å². The molecular weight excluding hydrogens is 193 g/mol.